The largest absolute Gasteiger partial charge is 0.286 e. The van der Waals surface area contributed by atoms with Gasteiger partial charge in [-0.2, -0.15) is 0 Å². The van der Waals surface area contributed by atoms with Crippen molar-refractivity contribution in [1.82, 2.24) is 15.4 Å². The van der Waals surface area contributed by atoms with Crippen molar-refractivity contribution in [3.05, 3.63) is 35.1 Å². The predicted octanol–water partition coefficient (Wildman–Crippen LogP) is 3.29. The maximum atomic E-state index is 6.11. The molecular formula is C14H15ClN4. The van der Waals surface area contributed by atoms with Gasteiger partial charge in [0.1, 0.15) is 10.9 Å². The molecule has 98 valence electrons. The fourth-order valence-corrected chi connectivity index (χ4v) is 2.32. The third-order valence-electron chi connectivity index (χ3n) is 3.07. The summed E-state index contributed by atoms with van der Waals surface area (Å²) in [5.41, 5.74) is 5.73. The summed E-state index contributed by atoms with van der Waals surface area (Å²) >= 11 is 6.11. The first-order valence-corrected chi connectivity index (χ1v) is 6.84. The summed E-state index contributed by atoms with van der Waals surface area (Å²) in [6.07, 6.45) is 4.01. The molecule has 2 heterocycles. The van der Waals surface area contributed by atoms with Gasteiger partial charge >= 0.3 is 0 Å². The van der Waals surface area contributed by atoms with E-state index in [0.29, 0.717) is 5.16 Å². The van der Waals surface area contributed by atoms with Gasteiger partial charge in [0.2, 0.25) is 0 Å². The Bertz CT molecular complexity index is 638. The van der Waals surface area contributed by atoms with Crippen LogP contribution in [0.15, 0.2) is 29.4 Å². The summed E-state index contributed by atoms with van der Waals surface area (Å²) in [7, 11) is 0. The molecule has 3 rings (SSSR count). The van der Waals surface area contributed by atoms with E-state index in [1.54, 1.807) is 0 Å². The van der Waals surface area contributed by atoms with Gasteiger partial charge in [-0.3, -0.25) is 10.4 Å². The number of hydrogen-bond donors (Lipinski definition) is 1. The number of unbranched alkanes of at least 4 members (excludes halogenated alkanes) is 1. The zero-order valence-electron chi connectivity index (χ0n) is 10.7. The molecule has 1 aromatic heterocycles. The molecule has 0 spiro atoms. The predicted molar refractivity (Wildman–Crippen MR) is 78.8 cm³/mol. The molecule has 0 fully saturated rings. The van der Waals surface area contributed by atoms with Crippen molar-refractivity contribution in [2.75, 3.05) is 11.6 Å². The molecule has 0 saturated heterocycles. The summed E-state index contributed by atoms with van der Waals surface area (Å²) in [5, 5.41) is 2.55. The van der Waals surface area contributed by atoms with Crippen LogP contribution in [-0.2, 0) is 0 Å². The van der Waals surface area contributed by atoms with Crippen molar-refractivity contribution < 1.29 is 0 Å². The minimum atomic E-state index is 0.577. The van der Waals surface area contributed by atoms with Gasteiger partial charge < -0.3 is 0 Å². The lowest BCUT2D eigenvalue weighted by Gasteiger charge is -2.29. The van der Waals surface area contributed by atoms with E-state index < -0.39 is 0 Å². The minimum Gasteiger partial charge on any atom is -0.286 e. The average molecular weight is 275 g/mol. The molecular weight excluding hydrogens is 260 g/mol. The number of fused-ring (bicyclic) bond motifs is 2. The van der Waals surface area contributed by atoms with Gasteiger partial charge in [0, 0.05) is 12.6 Å². The molecule has 1 aliphatic rings. The fraction of sp³-hybridized carbons (Fsp3) is 0.286. The maximum Gasteiger partial charge on any atom is 0.174 e. The smallest absolute Gasteiger partial charge is 0.174 e. The second-order valence-corrected chi connectivity index (χ2v) is 4.94. The summed E-state index contributed by atoms with van der Waals surface area (Å²) in [6.45, 7) is 3.02. The maximum absolute atomic E-state index is 6.11. The van der Waals surface area contributed by atoms with E-state index in [1.165, 1.54) is 0 Å². The highest BCUT2D eigenvalue weighted by atomic mass is 35.5. The number of benzene rings is 1. The number of hydrogen-bond acceptors (Lipinski definition) is 4. The van der Waals surface area contributed by atoms with Crippen LogP contribution in [0.1, 0.15) is 25.5 Å². The van der Waals surface area contributed by atoms with Crippen molar-refractivity contribution in [1.29, 1.82) is 0 Å². The van der Waals surface area contributed by atoms with Crippen LogP contribution in [0.2, 0.25) is 0 Å². The Kier molecular flexibility index (Phi) is 3.25. The van der Waals surface area contributed by atoms with E-state index in [2.05, 4.69) is 22.3 Å². The lowest BCUT2D eigenvalue weighted by molar-refractivity contribution is 0.658. The third-order valence-corrected chi connectivity index (χ3v) is 3.27. The Morgan fingerprint density at radius 1 is 1.21 bits per heavy atom. The van der Waals surface area contributed by atoms with E-state index in [1.807, 2.05) is 35.4 Å². The van der Waals surface area contributed by atoms with Crippen LogP contribution in [0, 0.1) is 0 Å². The van der Waals surface area contributed by atoms with Crippen molar-refractivity contribution in [3.63, 3.8) is 0 Å². The summed E-state index contributed by atoms with van der Waals surface area (Å²) in [4.78, 5) is 9.30. The van der Waals surface area contributed by atoms with Crippen molar-refractivity contribution in [2.24, 2.45) is 0 Å². The Morgan fingerprint density at radius 2 is 1.95 bits per heavy atom. The SMILES string of the molecule is CCCCN1NC(Cl)=Cc2nc3ccccc3nc21. The van der Waals surface area contributed by atoms with Gasteiger partial charge in [-0.05, 0) is 18.6 Å². The summed E-state index contributed by atoms with van der Waals surface area (Å²) < 4.78 is 0. The van der Waals surface area contributed by atoms with Gasteiger partial charge in [0.15, 0.2) is 5.82 Å². The molecule has 2 aromatic rings. The first-order chi connectivity index (χ1) is 9.28. The zero-order chi connectivity index (χ0) is 13.2. The molecule has 0 bridgehead atoms. The molecule has 5 heteroatoms. The number of para-hydroxylation sites is 2. The van der Waals surface area contributed by atoms with E-state index >= 15 is 0 Å². The average Bonchev–Trinajstić information content (AvgIpc) is 2.42. The molecule has 4 nitrogen and oxygen atoms in total. The first kappa shape index (κ1) is 12.2. The Balaban J connectivity index is 2.09. The number of rotatable bonds is 3. The highest BCUT2D eigenvalue weighted by molar-refractivity contribution is 6.31. The second-order valence-electron chi connectivity index (χ2n) is 4.53. The van der Waals surface area contributed by atoms with Crippen molar-refractivity contribution in [2.45, 2.75) is 19.8 Å². The van der Waals surface area contributed by atoms with E-state index in [9.17, 15) is 0 Å². The van der Waals surface area contributed by atoms with Gasteiger partial charge in [-0.25, -0.2) is 9.97 Å². The van der Waals surface area contributed by atoms with Crippen molar-refractivity contribution in [3.8, 4) is 0 Å². The molecule has 1 aromatic carbocycles. The monoisotopic (exact) mass is 274 g/mol. The molecule has 1 aliphatic heterocycles. The van der Waals surface area contributed by atoms with Gasteiger partial charge in [-0.15, -0.1) is 0 Å². The number of halogens is 1. The van der Waals surface area contributed by atoms with Crippen LogP contribution < -0.4 is 10.4 Å². The molecule has 19 heavy (non-hydrogen) atoms. The summed E-state index contributed by atoms with van der Waals surface area (Å²) in [5.74, 6) is 0.844. The molecule has 1 N–H and O–H groups in total. The molecule has 0 atom stereocenters. The topological polar surface area (TPSA) is 41.0 Å². The van der Waals surface area contributed by atoms with Crippen LogP contribution in [0.3, 0.4) is 0 Å². The van der Waals surface area contributed by atoms with E-state index in [-0.39, 0.29) is 0 Å². The van der Waals surface area contributed by atoms with Crippen LogP contribution in [-0.4, -0.2) is 16.5 Å². The van der Waals surface area contributed by atoms with E-state index in [4.69, 9.17) is 11.6 Å². The Labute approximate surface area is 117 Å². The molecule has 0 aliphatic carbocycles. The fourth-order valence-electron chi connectivity index (χ4n) is 2.11. The number of anilines is 1. The molecule has 0 radical (unpaired) electrons. The van der Waals surface area contributed by atoms with Crippen LogP contribution in [0.4, 0.5) is 5.82 Å². The highest BCUT2D eigenvalue weighted by Gasteiger charge is 2.19. The third kappa shape index (κ3) is 2.36. The minimum absolute atomic E-state index is 0.577. The number of hydrazine groups is 1. The standard InChI is InChI=1S/C14H15ClN4/c1-2-3-8-19-14-12(9-13(15)18-19)16-10-6-4-5-7-11(10)17-14/h4-7,9,18H,2-3,8H2,1H3. The molecule has 0 saturated carbocycles. The molecule has 0 unspecified atom stereocenters. The second kappa shape index (κ2) is 5.05. The quantitative estimate of drug-likeness (QED) is 0.872. The summed E-state index contributed by atoms with van der Waals surface area (Å²) in [6, 6.07) is 7.87. The van der Waals surface area contributed by atoms with Crippen LogP contribution >= 0.6 is 11.6 Å². The van der Waals surface area contributed by atoms with Gasteiger partial charge in [-0.1, -0.05) is 37.1 Å². The van der Waals surface area contributed by atoms with Gasteiger partial charge in [0.05, 0.1) is 11.0 Å². The number of aromatic nitrogens is 2. The van der Waals surface area contributed by atoms with Crippen LogP contribution in [0.5, 0.6) is 0 Å². The Morgan fingerprint density at radius 3 is 2.68 bits per heavy atom. The lowest BCUT2D eigenvalue weighted by atomic mass is 10.2. The zero-order valence-corrected chi connectivity index (χ0v) is 11.5. The number of nitrogens with zero attached hydrogens (tertiary/aromatic N) is 3. The first-order valence-electron chi connectivity index (χ1n) is 6.46. The van der Waals surface area contributed by atoms with Crippen LogP contribution in [0.25, 0.3) is 17.1 Å². The van der Waals surface area contributed by atoms with Gasteiger partial charge in [0.25, 0.3) is 0 Å². The molecule has 0 amide bonds. The highest BCUT2D eigenvalue weighted by Crippen LogP contribution is 2.26. The lowest BCUT2D eigenvalue weighted by Crippen LogP contribution is -2.40. The van der Waals surface area contributed by atoms with Crippen molar-refractivity contribution >= 4 is 34.5 Å². The Hall–Kier alpha value is -1.81. The van der Waals surface area contributed by atoms with E-state index in [0.717, 1.165) is 41.9 Å². The number of nitrogens with one attached hydrogen (secondary N) is 1. The normalized spacial score (nSPS) is 14.0.